The van der Waals surface area contributed by atoms with E-state index < -0.39 is 17.8 Å². The Balaban J connectivity index is 2.40. The van der Waals surface area contributed by atoms with Gasteiger partial charge in [-0.25, -0.2) is 5.48 Å². The van der Waals surface area contributed by atoms with Crippen molar-refractivity contribution in [1.82, 2.24) is 5.48 Å². The number of benzene rings is 1. The summed E-state index contributed by atoms with van der Waals surface area (Å²) >= 11 is 0. The number of rotatable bonds is 7. The van der Waals surface area contributed by atoms with Crippen LogP contribution in [0.1, 0.15) is 12.0 Å². The monoisotopic (exact) mass is 249 g/mol. The Hall–Kier alpha value is -2.14. The molecule has 0 radical (unpaired) electrons. The molecule has 0 fully saturated rings. The van der Waals surface area contributed by atoms with Gasteiger partial charge in [0, 0.05) is 0 Å². The Labute approximate surface area is 105 Å². The Morgan fingerprint density at radius 1 is 1.39 bits per heavy atom. The lowest BCUT2D eigenvalue weighted by Crippen LogP contribution is -2.35. The topological polar surface area (TPSA) is 75.6 Å². The molecule has 0 aliphatic heterocycles. The second-order valence-corrected chi connectivity index (χ2v) is 3.66. The first-order valence-electron chi connectivity index (χ1n) is 5.44. The van der Waals surface area contributed by atoms with Crippen LogP contribution >= 0.6 is 0 Å². The van der Waals surface area contributed by atoms with Gasteiger partial charge in [-0.05, 0) is 12.0 Å². The maximum Gasteiger partial charge on any atom is 0.316 e. The number of allylic oxidation sites excluding steroid dienone is 1. The minimum absolute atomic E-state index is 0.0653. The maximum absolute atomic E-state index is 11.5. The molecule has 1 atom stereocenters. The van der Waals surface area contributed by atoms with Crippen LogP contribution in [-0.2, 0) is 21.0 Å². The van der Waals surface area contributed by atoms with Crippen LogP contribution in [0.15, 0.2) is 43.0 Å². The predicted octanol–water partition coefficient (Wildman–Crippen LogP) is 1.51. The van der Waals surface area contributed by atoms with Crippen LogP contribution in [0.4, 0.5) is 0 Å². The molecule has 0 saturated heterocycles. The molecule has 0 aromatic heterocycles. The van der Waals surface area contributed by atoms with E-state index in [9.17, 15) is 9.59 Å². The van der Waals surface area contributed by atoms with E-state index in [-0.39, 0.29) is 13.0 Å². The summed E-state index contributed by atoms with van der Waals surface area (Å²) in [6, 6.07) is 9.23. The van der Waals surface area contributed by atoms with Crippen molar-refractivity contribution in [3.8, 4) is 0 Å². The first kappa shape index (κ1) is 13.9. The highest BCUT2D eigenvalue weighted by Gasteiger charge is 2.24. The minimum atomic E-state index is -1.20. The van der Waals surface area contributed by atoms with Crippen molar-refractivity contribution in [2.75, 3.05) is 0 Å². The molecule has 0 spiro atoms. The van der Waals surface area contributed by atoms with Crippen molar-refractivity contribution < 1.29 is 19.5 Å². The Morgan fingerprint density at radius 2 is 2.06 bits per heavy atom. The number of carbonyl (C=O) groups excluding carboxylic acids is 1. The van der Waals surface area contributed by atoms with Gasteiger partial charge in [0.2, 0.25) is 0 Å². The molecule has 1 aromatic rings. The molecular weight excluding hydrogens is 234 g/mol. The van der Waals surface area contributed by atoms with Gasteiger partial charge in [0.25, 0.3) is 5.91 Å². The van der Waals surface area contributed by atoms with Crippen LogP contribution in [-0.4, -0.2) is 17.0 Å². The fourth-order valence-corrected chi connectivity index (χ4v) is 1.32. The number of hydrogen-bond donors (Lipinski definition) is 2. The lowest BCUT2D eigenvalue weighted by atomic mass is 10.1. The van der Waals surface area contributed by atoms with E-state index in [0.29, 0.717) is 0 Å². The van der Waals surface area contributed by atoms with E-state index in [2.05, 4.69) is 12.1 Å². The molecular formula is C13H15NO4. The molecule has 1 rings (SSSR count). The van der Waals surface area contributed by atoms with Crippen LogP contribution in [0.25, 0.3) is 0 Å². The van der Waals surface area contributed by atoms with Crippen molar-refractivity contribution in [2.24, 2.45) is 5.92 Å². The number of amides is 1. The maximum atomic E-state index is 11.5. The van der Waals surface area contributed by atoms with Crippen LogP contribution in [0.5, 0.6) is 0 Å². The van der Waals surface area contributed by atoms with Crippen LogP contribution < -0.4 is 5.48 Å². The molecule has 96 valence electrons. The highest BCUT2D eigenvalue weighted by Crippen LogP contribution is 2.05. The molecule has 18 heavy (non-hydrogen) atoms. The summed E-state index contributed by atoms with van der Waals surface area (Å²) in [6.45, 7) is 3.60. The van der Waals surface area contributed by atoms with Crippen molar-refractivity contribution in [1.29, 1.82) is 0 Å². The highest BCUT2D eigenvalue weighted by atomic mass is 16.6. The van der Waals surface area contributed by atoms with Gasteiger partial charge in [0.15, 0.2) is 0 Å². The van der Waals surface area contributed by atoms with Gasteiger partial charge in [-0.2, -0.15) is 0 Å². The molecule has 0 aliphatic carbocycles. The summed E-state index contributed by atoms with van der Waals surface area (Å²) in [6.07, 6.45) is 1.45. The molecule has 0 bridgehead atoms. The zero-order chi connectivity index (χ0) is 13.4. The van der Waals surface area contributed by atoms with Crippen LogP contribution in [0.3, 0.4) is 0 Å². The SMILES string of the molecule is C=CCC(C(=O)O)C(=O)NOCc1ccccc1. The van der Waals surface area contributed by atoms with Gasteiger partial charge < -0.3 is 5.11 Å². The average Bonchev–Trinajstić information content (AvgIpc) is 2.36. The molecule has 5 nitrogen and oxygen atoms in total. The average molecular weight is 249 g/mol. The first-order chi connectivity index (χ1) is 8.65. The summed E-state index contributed by atoms with van der Waals surface area (Å²) < 4.78 is 0. The highest BCUT2D eigenvalue weighted by molar-refractivity contribution is 5.96. The third kappa shape index (κ3) is 4.39. The quantitative estimate of drug-likeness (QED) is 0.436. The van der Waals surface area contributed by atoms with Gasteiger partial charge in [0.05, 0.1) is 6.61 Å². The lowest BCUT2D eigenvalue weighted by Gasteiger charge is -2.10. The number of hydrogen-bond acceptors (Lipinski definition) is 3. The van der Waals surface area contributed by atoms with E-state index in [1.807, 2.05) is 30.3 Å². The molecule has 1 unspecified atom stereocenters. The molecule has 5 heteroatoms. The largest absolute Gasteiger partial charge is 0.481 e. The fourth-order valence-electron chi connectivity index (χ4n) is 1.32. The van der Waals surface area contributed by atoms with Gasteiger partial charge in [0.1, 0.15) is 5.92 Å². The van der Waals surface area contributed by atoms with E-state index >= 15 is 0 Å². The van der Waals surface area contributed by atoms with Crippen LogP contribution in [0.2, 0.25) is 0 Å². The van der Waals surface area contributed by atoms with Gasteiger partial charge in [-0.1, -0.05) is 36.4 Å². The van der Waals surface area contributed by atoms with Crippen molar-refractivity contribution in [3.05, 3.63) is 48.6 Å². The molecule has 0 aliphatic rings. The summed E-state index contributed by atoms with van der Waals surface area (Å²) in [4.78, 5) is 27.3. The molecule has 1 aromatic carbocycles. The van der Waals surface area contributed by atoms with E-state index in [0.717, 1.165) is 5.56 Å². The van der Waals surface area contributed by atoms with Crippen molar-refractivity contribution >= 4 is 11.9 Å². The number of carbonyl (C=O) groups is 2. The Morgan fingerprint density at radius 3 is 2.61 bits per heavy atom. The molecule has 0 saturated carbocycles. The van der Waals surface area contributed by atoms with Crippen LogP contribution in [0, 0.1) is 5.92 Å². The van der Waals surface area contributed by atoms with E-state index in [4.69, 9.17) is 9.94 Å². The Bertz CT molecular complexity index is 416. The third-order valence-electron chi connectivity index (χ3n) is 2.27. The summed E-state index contributed by atoms with van der Waals surface area (Å²) in [5, 5.41) is 8.83. The first-order valence-corrected chi connectivity index (χ1v) is 5.44. The second kappa shape index (κ2) is 7.24. The molecule has 0 heterocycles. The van der Waals surface area contributed by atoms with E-state index in [1.54, 1.807) is 0 Å². The minimum Gasteiger partial charge on any atom is -0.481 e. The third-order valence-corrected chi connectivity index (χ3v) is 2.27. The Kier molecular flexibility index (Phi) is 5.60. The standard InChI is InChI=1S/C13H15NO4/c1-2-6-11(13(16)17)12(15)14-18-9-10-7-4-3-5-8-10/h2-5,7-8,11H,1,6,9H2,(H,14,15)(H,16,17). The number of aliphatic carboxylic acids is 1. The second-order valence-electron chi connectivity index (χ2n) is 3.66. The van der Waals surface area contributed by atoms with Crippen molar-refractivity contribution in [2.45, 2.75) is 13.0 Å². The lowest BCUT2D eigenvalue weighted by molar-refractivity contribution is -0.152. The van der Waals surface area contributed by atoms with E-state index in [1.165, 1.54) is 6.08 Å². The molecule has 1 amide bonds. The van der Waals surface area contributed by atoms with Crippen molar-refractivity contribution in [3.63, 3.8) is 0 Å². The zero-order valence-corrected chi connectivity index (χ0v) is 9.83. The van der Waals surface area contributed by atoms with Gasteiger partial charge in [-0.3, -0.25) is 14.4 Å². The van der Waals surface area contributed by atoms with Gasteiger partial charge in [-0.15, -0.1) is 6.58 Å². The zero-order valence-electron chi connectivity index (χ0n) is 9.83. The van der Waals surface area contributed by atoms with Gasteiger partial charge >= 0.3 is 5.97 Å². The predicted molar refractivity (Wildman–Crippen MR) is 65.3 cm³/mol. The molecule has 2 N–H and O–H groups in total. The number of carboxylic acids is 1. The normalized spacial score (nSPS) is 11.6. The number of nitrogens with one attached hydrogen (secondary N) is 1. The summed E-state index contributed by atoms with van der Waals surface area (Å²) in [5.74, 6) is -3.05. The summed E-state index contributed by atoms with van der Waals surface area (Å²) in [5.41, 5.74) is 3.01. The smallest absolute Gasteiger partial charge is 0.316 e. The number of hydroxylamine groups is 1. The fraction of sp³-hybridized carbons (Fsp3) is 0.231. The summed E-state index contributed by atoms with van der Waals surface area (Å²) in [7, 11) is 0. The number of carboxylic acid groups (broad SMARTS) is 1.